The van der Waals surface area contributed by atoms with Gasteiger partial charge in [0.05, 0.1) is 13.2 Å². The second kappa shape index (κ2) is 9.51. The van der Waals surface area contributed by atoms with Gasteiger partial charge in [0.25, 0.3) is 0 Å². The third kappa shape index (κ3) is 5.43. The summed E-state index contributed by atoms with van der Waals surface area (Å²) in [5.74, 6) is -0.0938. The van der Waals surface area contributed by atoms with E-state index in [1.807, 2.05) is 13.0 Å². The van der Waals surface area contributed by atoms with Crippen LogP contribution in [0.2, 0.25) is 0 Å². The van der Waals surface area contributed by atoms with Crippen molar-refractivity contribution in [2.24, 2.45) is 0 Å². The maximum Gasteiger partial charge on any atom is 0.387 e. The first-order valence-electron chi connectivity index (χ1n) is 9.58. The molecule has 0 aliphatic carbocycles. The van der Waals surface area contributed by atoms with Crippen LogP contribution in [0.1, 0.15) is 30.5 Å². The lowest BCUT2D eigenvalue weighted by molar-refractivity contribution is -0.131. The van der Waals surface area contributed by atoms with Gasteiger partial charge in [-0.1, -0.05) is 12.1 Å². The Labute approximate surface area is 173 Å². The van der Waals surface area contributed by atoms with Crippen molar-refractivity contribution in [2.75, 3.05) is 25.0 Å². The first-order chi connectivity index (χ1) is 14.4. The zero-order valence-corrected chi connectivity index (χ0v) is 16.7. The minimum atomic E-state index is -2.96. The van der Waals surface area contributed by atoms with Gasteiger partial charge in [-0.25, -0.2) is 4.98 Å². The highest BCUT2D eigenvalue weighted by atomic mass is 19.3. The molecule has 160 valence electrons. The topological polar surface area (TPSA) is 80.8 Å². The van der Waals surface area contributed by atoms with Crippen LogP contribution in [0.15, 0.2) is 36.4 Å². The Balaban J connectivity index is 1.66. The summed E-state index contributed by atoms with van der Waals surface area (Å²) >= 11 is 0. The largest absolute Gasteiger partial charge is 0.490 e. The molecule has 7 nitrogen and oxygen atoms in total. The van der Waals surface area contributed by atoms with Crippen LogP contribution in [0.3, 0.4) is 0 Å². The van der Waals surface area contributed by atoms with Gasteiger partial charge in [-0.3, -0.25) is 9.59 Å². The van der Waals surface area contributed by atoms with E-state index < -0.39 is 6.61 Å². The van der Waals surface area contributed by atoms with Gasteiger partial charge >= 0.3 is 6.61 Å². The number of aryl methyl sites for hydroxylation is 1. The van der Waals surface area contributed by atoms with Crippen molar-refractivity contribution in [1.82, 2.24) is 9.88 Å². The van der Waals surface area contributed by atoms with Crippen molar-refractivity contribution in [1.29, 1.82) is 0 Å². The van der Waals surface area contributed by atoms with Crippen molar-refractivity contribution in [3.05, 3.63) is 47.7 Å². The molecule has 1 saturated heterocycles. The second-order valence-electron chi connectivity index (χ2n) is 6.91. The third-order valence-electron chi connectivity index (χ3n) is 4.66. The molecule has 1 aromatic heterocycles. The van der Waals surface area contributed by atoms with Crippen molar-refractivity contribution in [3.63, 3.8) is 0 Å². The number of ether oxygens (including phenoxy) is 2. The number of alkyl halides is 2. The summed E-state index contributed by atoms with van der Waals surface area (Å²) < 4.78 is 35.0. The zero-order chi connectivity index (χ0) is 21.7. The summed E-state index contributed by atoms with van der Waals surface area (Å²) in [6.45, 7) is 1.13. The van der Waals surface area contributed by atoms with Gasteiger partial charge in [0.2, 0.25) is 11.8 Å². The van der Waals surface area contributed by atoms with Gasteiger partial charge in [-0.15, -0.1) is 0 Å². The molecule has 1 N–H and O–H groups in total. The highest BCUT2D eigenvalue weighted by molar-refractivity contribution is 5.94. The van der Waals surface area contributed by atoms with Crippen LogP contribution in [0.5, 0.6) is 11.5 Å². The SMILES string of the molecule is CCOc1cc(C2CC(=O)N(CC(=O)Nc3cccc(C)n3)C2)ccc1OC(F)F. The lowest BCUT2D eigenvalue weighted by Crippen LogP contribution is -2.34. The van der Waals surface area contributed by atoms with Gasteiger partial charge in [0.1, 0.15) is 5.82 Å². The Bertz CT molecular complexity index is 923. The minimum Gasteiger partial charge on any atom is -0.490 e. The van der Waals surface area contributed by atoms with E-state index in [-0.39, 0.29) is 48.8 Å². The lowest BCUT2D eigenvalue weighted by Gasteiger charge is -2.17. The monoisotopic (exact) mass is 419 g/mol. The quantitative estimate of drug-likeness (QED) is 0.710. The average molecular weight is 419 g/mol. The van der Waals surface area contributed by atoms with Crippen molar-refractivity contribution >= 4 is 17.6 Å². The summed E-state index contributed by atoms with van der Waals surface area (Å²) in [5, 5.41) is 2.68. The highest BCUT2D eigenvalue weighted by Gasteiger charge is 2.32. The van der Waals surface area contributed by atoms with E-state index in [0.29, 0.717) is 12.4 Å². The molecule has 2 amide bonds. The molecule has 0 saturated carbocycles. The Kier molecular flexibility index (Phi) is 6.81. The maximum absolute atomic E-state index is 12.6. The van der Waals surface area contributed by atoms with E-state index in [9.17, 15) is 18.4 Å². The fourth-order valence-corrected chi connectivity index (χ4v) is 3.36. The molecule has 9 heteroatoms. The number of anilines is 1. The lowest BCUT2D eigenvalue weighted by atomic mass is 9.98. The van der Waals surface area contributed by atoms with Crippen molar-refractivity contribution < 1.29 is 27.8 Å². The summed E-state index contributed by atoms with van der Waals surface area (Å²) in [6.07, 6.45) is 0.219. The van der Waals surface area contributed by atoms with Crippen LogP contribution in [0.4, 0.5) is 14.6 Å². The fraction of sp³-hybridized carbons (Fsp3) is 0.381. The highest BCUT2D eigenvalue weighted by Crippen LogP contribution is 2.35. The first-order valence-corrected chi connectivity index (χ1v) is 9.58. The minimum absolute atomic E-state index is 0.0539. The molecule has 2 aromatic rings. The van der Waals surface area contributed by atoms with Gasteiger partial charge in [-0.05, 0) is 43.7 Å². The molecule has 0 spiro atoms. The number of hydrogen-bond acceptors (Lipinski definition) is 5. The van der Waals surface area contributed by atoms with E-state index >= 15 is 0 Å². The van der Waals surface area contributed by atoms with Gasteiger partial charge in [0, 0.05) is 24.6 Å². The molecular formula is C21H23F2N3O4. The maximum atomic E-state index is 12.6. The van der Waals surface area contributed by atoms with E-state index in [1.165, 1.54) is 11.0 Å². The van der Waals surface area contributed by atoms with Crippen LogP contribution in [-0.4, -0.2) is 48.0 Å². The number of rotatable bonds is 8. The van der Waals surface area contributed by atoms with E-state index in [0.717, 1.165) is 11.3 Å². The zero-order valence-electron chi connectivity index (χ0n) is 16.7. The fourth-order valence-electron chi connectivity index (χ4n) is 3.36. The number of halogens is 2. The smallest absolute Gasteiger partial charge is 0.387 e. The molecule has 1 aliphatic rings. The standard InChI is InChI=1S/C21H23F2N3O4/c1-3-29-17-9-14(7-8-16(17)30-21(22)23)15-10-20(28)26(11-15)12-19(27)25-18-6-4-5-13(2)24-18/h4-9,15,21H,3,10-12H2,1-2H3,(H,24,25,27). The van der Waals surface area contributed by atoms with E-state index in [1.54, 1.807) is 31.2 Å². The van der Waals surface area contributed by atoms with Crippen LogP contribution in [0, 0.1) is 6.92 Å². The third-order valence-corrected chi connectivity index (χ3v) is 4.66. The Hall–Kier alpha value is -3.23. The van der Waals surface area contributed by atoms with Crippen LogP contribution in [0.25, 0.3) is 0 Å². The predicted octanol–water partition coefficient (Wildman–Crippen LogP) is 3.34. The number of nitrogens with zero attached hydrogens (tertiary/aromatic N) is 2. The summed E-state index contributed by atoms with van der Waals surface area (Å²) in [7, 11) is 0. The average Bonchev–Trinajstić information content (AvgIpc) is 3.03. The number of nitrogens with one attached hydrogen (secondary N) is 1. The van der Waals surface area contributed by atoms with Crippen LogP contribution < -0.4 is 14.8 Å². The molecule has 0 bridgehead atoms. The van der Waals surface area contributed by atoms with Gasteiger partial charge < -0.3 is 19.7 Å². The van der Waals surface area contributed by atoms with Gasteiger partial charge in [-0.2, -0.15) is 8.78 Å². The Morgan fingerprint density at radius 3 is 2.80 bits per heavy atom. The normalized spacial score (nSPS) is 16.1. The molecule has 1 atom stereocenters. The van der Waals surface area contributed by atoms with Crippen LogP contribution in [-0.2, 0) is 9.59 Å². The van der Waals surface area contributed by atoms with Crippen molar-refractivity contribution in [2.45, 2.75) is 32.8 Å². The molecule has 1 aromatic carbocycles. The first kappa shape index (κ1) is 21.5. The number of carbonyl (C=O) groups excluding carboxylic acids is 2. The number of hydrogen-bond donors (Lipinski definition) is 1. The summed E-state index contributed by atoms with van der Waals surface area (Å²) in [5.41, 5.74) is 1.53. The molecule has 2 heterocycles. The second-order valence-corrected chi connectivity index (χ2v) is 6.91. The number of benzene rings is 1. The summed E-state index contributed by atoms with van der Waals surface area (Å²) in [6, 6.07) is 9.94. The van der Waals surface area contributed by atoms with E-state index in [2.05, 4.69) is 15.0 Å². The molecule has 1 fully saturated rings. The van der Waals surface area contributed by atoms with E-state index in [4.69, 9.17) is 4.74 Å². The Morgan fingerprint density at radius 2 is 2.10 bits per heavy atom. The molecule has 1 unspecified atom stereocenters. The molecule has 3 rings (SSSR count). The molecule has 1 aliphatic heterocycles. The number of amides is 2. The number of aromatic nitrogens is 1. The summed E-state index contributed by atoms with van der Waals surface area (Å²) in [4.78, 5) is 30.4. The molecule has 0 radical (unpaired) electrons. The predicted molar refractivity (Wildman–Crippen MR) is 106 cm³/mol. The molecule has 30 heavy (non-hydrogen) atoms. The Morgan fingerprint density at radius 1 is 1.30 bits per heavy atom. The number of carbonyl (C=O) groups is 2. The van der Waals surface area contributed by atoms with Crippen molar-refractivity contribution in [3.8, 4) is 11.5 Å². The van der Waals surface area contributed by atoms with Crippen LogP contribution >= 0.6 is 0 Å². The number of likely N-dealkylation sites (tertiary alicyclic amines) is 1. The van der Waals surface area contributed by atoms with Gasteiger partial charge in [0.15, 0.2) is 11.5 Å². The molecular weight excluding hydrogens is 396 g/mol. The number of pyridine rings is 1.